The summed E-state index contributed by atoms with van der Waals surface area (Å²) in [6.07, 6.45) is -0.275. The molecule has 8 nitrogen and oxygen atoms in total. The molecule has 2 aromatic heterocycles. The van der Waals surface area contributed by atoms with Crippen molar-refractivity contribution in [3.63, 3.8) is 0 Å². The van der Waals surface area contributed by atoms with Gasteiger partial charge in [0, 0.05) is 24.7 Å². The average molecular weight is 459 g/mol. The van der Waals surface area contributed by atoms with Crippen molar-refractivity contribution in [2.75, 3.05) is 32.9 Å². The lowest BCUT2D eigenvalue weighted by atomic mass is 10.0. The van der Waals surface area contributed by atoms with Gasteiger partial charge in [0.2, 0.25) is 0 Å². The molecule has 0 spiro atoms. The third-order valence-corrected chi connectivity index (χ3v) is 5.91. The topological polar surface area (TPSA) is 85.5 Å². The maximum atomic E-state index is 15.3. The molecule has 2 fully saturated rings. The Hall–Kier alpha value is -3.08. The van der Waals surface area contributed by atoms with Crippen LogP contribution in [0, 0.1) is 18.6 Å². The van der Waals surface area contributed by atoms with E-state index in [-0.39, 0.29) is 42.9 Å². The molecule has 2 aliphatic rings. The molecule has 1 amide bonds. The van der Waals surface area contributed by atoms with Crippen molar-refractivity contribution in [1.29, 1.82) is 0 Å². The normalized spacial score (nSPS) is 19.5. The zero-order valence-corrected chi connectivity index (χ0v) is 18.0. The monoisotopic (exact) mass is 459 g/mol. The summed E-state index contributed by atoms with van der Waals surface area (Å²) in [7, 11) is 0. The first-order valence-corrected chi connectivity index (χ1v) is 10.7. The van der Waals surface area contributed by atoms with Crippen molar-refractivity contribution in [3.8, 4) is 11.3 Å². The number of pyridine rings is 1. The molecule has 4 heterocycles. The highest BCUT2D eigenvalue weighted by Crippen LogP contribution is 2.34. The van der Waals surface area contributed by atoms with Gasteiger partial charge in [-0.25, -0.2) is 18.6 Å². The summed E-state index contributed by atoms with van der Waals surface area (Å²) < 4.78 is 48.8. The molecule has 5 rings (SSSR count). The van der Waals surface area contributed by atoms with E-state index in [1.165, 1.54) is 17.0 Å². The number of morpholine rings is 1. The molecule has 0 saturated carbocycles. The summed E-state index contributed by atoms with van der Waals surface area (Å²) in [4.78, 5) is 17.2. The van der Waals surface area contributed by atoms with Crippen molar-refractivity contribution < 1.29 is 32.9 Å². The fourth-order valence-corrected chi connectivity index (χ4v) is 4.33. The molecule has 1 unspecified atom stereocenters. The van der Waals surface area contributed by atoms with Gasteiger partial charge >= 0.3 is 6.09 Å². The Kier molecular flexibility index (Phi) is 5.73. The molecule has 10 heteroatoms. The number of ether oxygens (including phenoxy) is 3. The van der Waals surface area contributed by atoms with Crippen LogP contribution in [0.25, 0.3) is 16.9 Å². The van der Waals surface area contributed by atoms with E-state index >= 15 is 8.78 Å². The average Bonchev–Trinajstić information content (AvgIpc) is 3.42. The Morgan fingerprint density at radius 2 is 1.88 bits per heavy atom. The zero-order valence-electron chi connectivity index (χ0n) is 18.0. The summed E-state index contributed by atoms with van der Waals surface area (Å²) in [5, 5.41) is 9.34. The van der Waals surface area contributed by atoms with Crippen molar-refractivity contribution in [1.82, 2.24) is 14.3 Å². The van der Waals surface area contributed by atoms with E-state index < -0.39 is 30.1 Å². The molecule has 33 heavy (non-hydrogen) atoms. The second kappa shape index (κ2) is 8.69. The van der Waals surface area contributed by atoms with E-state index in [9.17, 15) is 9.90 Å². The van der Waals surface area contributed by atoms with Gasteiger partial charge in [0.15, 0.2) is 6.29 Å². The van der Waals surface area contributed by atoms with Crippen molar-refractivity contribution >= 4 is 11.7 Å². The smallest absolute Gasteiger partial charge is 0.407 e. The van der Waals surface area contributed by atoms with Crippen LogP contribution >= 0.6 is 0 Å². The van der Waals surface area contributed by atoms with Crippen LogP contribution in [0.1, 0.15) is 23.1 Å². The number of amides is 1. The Balaban J connectivity index is 1.57. The van der Waals surface area contributed by atoms with Gasteiger partial charge in [-0.2, -0.15) is 0 Å². The number of carboxylic acid groups (broad SMARTS) is 1. The first-order valence-electron chi connectivity index (χ1n) is 10.7. The van der Waals surface area contributed by atoms with Gasteiger partial charge in [0.1, 0.15) is 17.3 Å². The van der Waals surface area contributed by atoms with Gasteiger partial charge in [-0.05, 0) is 36.8 Å². The molecular weight excluding hydrogens is 436 g/mol. The van der Waals surface area contributed by atoms with E-state index in [0.29, 0.717) is 24.6 Å². The number of benzene rings is 1. The third-order valence-electron chi connectivity index (χ3n) is 5.91. The van der Waals surface area contributed by atoms with Crippen molar-refractivity contribution in [3.05, 3.63) is 58.9 Å². The zero-order chi connectivity index (χ0) is 23.1. The minimum absolute atomic E-state index is 0.159. The number of aromatic nitrogens is 2. The predicted molar refractivity (Wildman–Crippen MR) is 113 cm³/mol. The number of halogens is 2. The largest absolute Gasteiger partial charge is 0.465 e. The van der Waals surface area contributed by atoms with Crippen LogP contribution in [0.3, 0.4) is 0 Å². The van der Waals surface area contributed by atoms with Crippen molar-refractivity contribution in [2.24, 2.45) is 0 Å². The highest BCUT2D eigenvalue weighted by molar-refractivity contribution is 5.69. The molecule has 3 aromatic rings. The Bertz CT molecular complexity index is 1190. The SMILES string of the molecule is Cc1ccn2c(CC3CN(C(=O)O)CCO3)c(-c3c(F)cc(C4OCCO4)cc3F)nc2c1. The molecule has 174 valence electrons. The van der Waals surface area contributed by atoms with E-state index in [4.69, 9.17) is 14.2 Å². The highest BCUT2D eigenvalue weighted by atomic mass is 19.1. The second-order valence-corrected chi connectivity index (χ2v) is 8.20. The minimum Gasteiger partial charge on any atom is -0.465 e. The van der Waals surface area contributed by atoms with Crippen LogP contribution in [-0.4, -0.2) is 64.5 Å². The molecule has 1 aromatic carbocycles. The standard InChI is InChI=1S/C23H23F2N3O5/c1-13-2-3-28-18(11-15-12-27(23(29)30)4-5-31-15)21(26-19(28)8-13)20-16(24)9-14(10-17(20)25)22-32-6-7-33-22/h2-3,8-10,15,22H,4-7,11-12H2,1H3,(H,29,30). The van der Waals surface area contributed by atoms with Crippen LogP contribution in [-0.2, 0) is 20.6 Å². The lowest BCUT2D eigenvalue weighted by molar-refractivity contribution is -0.0444. The molecule has 0 radical (unpaired) electrons. The van der Waals surface area contributed by atoms with Crippen LogP contribution < -0.4 is 0 Å². The van der Waals surface area contributed by atoms with Crippen LogP contribution in [0.2, 0.25) is 0 Å². The van der Waals surface area contributed by atoms with Gasteiger partial charge in [0.05, 0.1) is 49.4 Å². The summed E-state index contributed by atoms with van der Waals surface area (Å²) in [5.74, 6) is -1.55. The number of aryl methyl sites for hydroxylation is 1. The maximum Gasteiger partial charge on any atom is 0.407 e. The number of carbonyl (C=O) groups is 1. The molecular formula is C23H23F2N3O5. The second-order valence-electron chi connectivity index (χ2n) is 8.20. The molecule has 2 saturated heterocycles. The van der Waals surface area contributed by atoms with Gasteiger partial charge in [-0.15, -0.1) is 0 Å². The first-order chi connectivity index (χ1) is 15.9. The van der Waals surface area contributed by atoms with Gasteiger partial charge in [-0.1, -0.05) is 0 Å². The Morgan fingerprint density at radius 1 is 1.15 bits per heavy atom. The quantitative estimate of drug-likeness (QED) is 0.642. The number of nitrogens with zero attached hydrogens (tertiary/aromatic N) is 3. The summed E-state index contributed by atoms with van der Waals surface area (Å²) in [6.45, 7) is 3.32. The lowest BCUT2D eigenvalue weighted by Gasteiger charge is -2.31. The van der Waals surface area contributed by atoms with E-state index in [1.54, 1.807) is 10.6 Å². The number of imidazole rings is 1. The highest BCUT2D eigenvalue weighted by Gasteiger charge is 2.29. The van der Waals surface area contributed by atoms with E-state index in [0.717, 1.165) is 5.56 Å². The maximum absolute atomic E-state index is 15.3. The fourth-order valence-electron chi connectivity index (χ4n) is 4.33. The van der Waals surface area contributed by atoms with Gasteiger partial charge in [0.25, 0.3) is 0 Å². The van der Waals surface area contributed by atoms with Gasteiger partial charge in [-0.3, -0.25) is 0 Å². The summed E-state index contributed by atoms with van der Waals surface area (Å²) in [6, 6.07) is 6.11. The van der Waals surface area contributed by atoms with E-state index in [2.05, 4.69) is 4.98 Å². The Labute approximate surface area is 188 Å². The summed E-state index contributed by atoms with van der Waals surface area (Å²) >= 11 is 0. The van der Waals surface area contributed by atoms with Gasteiger partial charge < -0.3 is 28.6 Å². The number of hydrogen-bond acceptors (Lipinski definition) is 5. The Morgan fingerprint density at radius 3 is 2.58 bits per heavy atom. The van der Waals surface area contributed by atoms with Crippen LogP contribution in [0.15, 0.2) is 30.5 Å². The number of fused-ring (bicyclic) bond motifs is 1. The minimum atomic E-state index is -1.03. The van der Waals surface area contributed by atoms with Crippen LogP contribution in [0.4, 0.5) is 13.6 Å². The number of rotatable bonds is 4. The number of hydrogen-bond donors (Lipinski definition) is 1. The molecule has 0 bridgehead atoms. The molecule has 0 aliphatic carbocycles. The van der Waals surface area contributed by atoms with E-state index in [1.807, 2.05) is 19.1 Å². The predicted octanol–water partition coefficient (Wildman–Crippen LogP) is 3.55. The third kappa shape index (κ3) is 4.17. The van der Waals surface area contributed by atoms with Crippen LogP contribution in [0.5, 0.6) is 0 Å². The fraction of sp³-hybridized carbons (Fsp3) is 0.391. The first kappa shape index (κ1) is 21.7. The molecule has 1 atom stereocenters. The summed E-state index contributed by atoms with van der Waals surface area (Å²) in [5.41, 5.74) is 2.20. The molecule has 2 aliphatic heterocycles. The lowest BCUT2D eigenvalue weighted by Crippen LogP contribution is -2.45. The molecule has 1 N–H and O–H groups in total. The van der Waals surface area contributed by atoms with Crippen molar-refractivity contribution in [2.45, 2.75) is 25.7 Å².